The molecule has 0 spiro atoms. The van der Waals surface area contributed by atoms with E-state index in [4.69, 9.17) is 5.73 Å². The molecule has 0 fully saturated rings. The summed E-state index contributed by atoms with van der Waals surface area (Å²) >= 11 is 0. The fourth-order valence-corrected chi connectivity index (χ4v) is 1.85. The van der Waals surface area contributed by atoms with Crippen LogP contribution in [0, 0.1) is 11.6 Å². The average molecular weight is 276 g/mol. The van der Waals surface area contributed by atoms with E-state index < -0.39 is 17.5 Å². The van der Waals surface area contributed by atoms with Crippen LogP contribution in [0.1, 0.15) is 15.9 Å². The Morgan fingerprint density at radius 3 is 2.60 bits per heavy atom. The van der Waals surface area contributed by atoms with Crippen molar-refractivity contribution in [2.24, 2.45) is 5.73 Å². The van der Waals surface area contributed by atoms with Gasteiger partial charge >= 0.3 is 0 Å². The van der Waals surface area contributed by atoms with Crippen molar-refractivity contribution < 1.29 is 13.6 Å². The minimum atomic E-state index is -0.878. The van der Waals surface area contributed by atoms with Crippen LogP contribution >= 0.6 is 0 Å². The van der Waals surface area contributed by atoms with Crippen molar-refractivity contribution in [1.82, 2.24) is 0 Å². The molecule has 0 saturated heterocycles. The zero-order valence-electron chi connectivity index (χ0n) is 10.9. The molecule has 0 aromatic heterocycles. The van der Waals surface area contributed by atoms with Gasteiger partial charge in [0.15, 0.2) is 0 Å². The zero-order valence-corrected chi connectivity index (χ0v) is 10.9. The van der Waals surface area contributed by atoms with E-state index in [0.29, 0.717) is 18.3 Å². The highest BCUT2D eigenvalue weighted by molar-refractivity contribution is 6.05. The smallest absolute Gasteiger partial charge is 0.260 e. The number of nitrogens with two attached hydrogens (primary N) is 1. The predicted molar refractivity (Wildman–Crippen MR) is 73.4 cm³/mol. The second-order valence-corrected chi connectivity index (χ2v) is 4.36. The number of carbonyl (C=O) groups is 1. The van der Waals surface area contributed by atoms with E-state index in [1.807, 2.05) is 6.07 Å². The van der Waals surface area contributed by atoms with Gasteiger partial charge in [-0.2, -0.15) is 0 Å². The van der Waals surface area contributed by atoms with Crippen LogP contribution in [-0.2, 0) is 6.54 Å². The van der Waals surface area contributed by atoms with Crippen LogP contribution in [0.5, 0.6) is 0 Å². The quantitative estimate of drug-likeness (QED) is 0.937. The molecule has 2 N–H and O–H groups in total. The maximum absolute atomic E-state index is 13.6. The van der Waals surface area contributed by atoms with Gasteiger partial charge in [0.05, 0.1) is 5.56 Å². The summed E-state index contributed by atoms with van der Waals surface area (Å²) in [5, 5.41) is 0. The molecule has 5 heteroatoms. The number of hydrogen-bond acceptors (Lipinski definition) is 2. The predicted octanol–water partition coefficient (Wildman–Crippen LogP) is 2.70. The topological polar surface area (TPSA) is 46.3 Å². The summed E-state index contributed by atoms with van der Waals surface area (Å²) in [6.45, 7) is 0.348. The second kappa shape index (κ2) is 5.79. The minimum absolute atomic E-state index is 0.174. The highest BCUT2D eigenvalue weighted by Gasteiger charge is 2.18. The third-order valence-corrected chi connectivity index (χ3v) is 3.00. The molecule has 104 valence electrons. The van der Waals surface area contributed by atoms with Crippen LogP contribution in [0.3, 0.4) is 0 Å². The van der Waals surface area contributed by atoms with Crippen molar-refractivity contribution in [1.29, 1.82) is 0 Å². The summed E-state index contributed by atoms with van der Waals surface area (Å²) in [6, 6.07) is 9.95. The van der Waals surface area contributed by atoms with E-state index >= 15 is 0 Å². The van der Waals surface area contributed by atoms with Crippen LogP contribution in [0.4, 0.5) is 14.5 Å². The molecule has 0 atom stereocenters. The van der Waals surface area contributed by atoms with Gasteiger partial charge in [-0.1, -0.05) is 12.1 Å². The van der Waals surface area contributed by atoms with Crippen molar-refractivity contribution in [3.8, 4) is 0 Å². The van der Waals surface area contributed by atoms with Gasteiger partial charge in [-0.25, -0.2) is 8.78 Å². The molecule has 2 rings (SSSR count). The molecule has 0 aliphatic carbocycles. The highest BCUT2D eigenvalue weighted by Crippen LogP contribution is 2.19. The second-order valence-electron chi connectivity index (χ2n) is 4.36. The van der Waals surface area contributed by atoms with Crippen LogP contribution in [0.15, 0.2) is 42.5 Å². The van der Waals surface area contributed by atoms with Crippen molar-refractivity contribution in [2.75, 3.05) is 11.9 Å². The number of hydrogen-bond donors (Lipinski definition) is 1. The number of anilines is 1. The summed E-state index contributed by atoms with van der Waals surface area (Å²) in [5.74, 6) is -2.14. The molecule has 20 heavy (non-hydrogen) atoms. The number of benzene rings is 2. The lowest BCUT2D eigenvalue weighted by Crippen LogP contribution is -2.27. The monoisotopic (exact) mass is 276 g/mol. The van der Waals surface area contributed by atoms with Crippen LogP contribution in [0.25, 0.3) is 0 Å². The highest BCUT2D eigenvalue weighted by atomic mass is 19.1. The molecule has 0 saturated carbocycles. The van der Waals surface area contributed by atoms with Gasteiger partial charge in [0.25, 0.3) is 5.91 Å². The summed E-state index contributed by atoms with van der Waals surface area (Å²) < 4.78 is 26.5. The number of amides is 1. The third kappa shape index (κ3) is 2.83. The van der Waals surface area contributed by atoms with Crippen molar-refractivity contribution in [3.63, 3.8) is 0 Å². The third-order valence-electron chi connectivity index (χ3n) is 3.00. The minimum Gasteiger partial charge on any atom is -0.326 e. The number of halogens is 2. The molecule has 1 amide bonds. The van der Waals surface area contributed by atoms with Gasteiger partial charge < -0.3 is 10.6 Å². The summed E-state index contributed by atoms with van der Waals surface area (Å²) in [6.07, 6.45) is 0. The Hall–Kier alpha value is -2.27. The Morgan fingerprint density at radius 1 is 1.20 bits per heavy atom. The normalized spacial score (nSPS) is 10.4. The molecule has 3 nitrogen and oxygen atoms in total. The standard InChI is InChI=1S/C15H14F2N2O/c1-19(12-4-2-3-10(7-12)9-18)15(20)13-6-5-11(16)8-14(13)17/h2-8H,9,18H2,1H3. The van der Waals surface area contributed by atoms with E-state index in [-0.39, 0.29) is 5.56 Å². The van der Waals surface area contributed by atoms with E-state index in [1.165, 1.54) is 11.9 Å². The molecule has 0 bridgehead atoms. The Morgan fingerprint density at radius 2 is 1.95 bits per heavy atom. The van der Waals surface area contributed by atoms with Gasteiger partial charge in [0.1, 0.15) is 11.6 Å². The van der Waals surface area contributed by atoms with E-state index in [0.717, 1.165) is 17.7 Å². The van der Waals surface area contributed by atoms with E-state index in [1.54, 1.807) is 18.2 Å². The summed E-state index contributed by atoms with van der Waals surface area (Å²) in [5.41, 5.74) is 6.83. The molecule has 0 aliphatic heterocycles. The molecule has 0 aliphatic rings. The lowest BCUT2D eigenvalue weighted by atomic mass is 10.1. The van der Waals surface area contributed by atoms with Crippen LogP contribution < -0.4 is 10.6 Å². The van der Waals surface area contributed by atoms with Gasteiger partial charge in [-0.3, -0.25) is 4.79 Å². The van der Waals surface area contributed by atoms with Crippen molar-refractivity contribution in [3.05, 3.63) is 65.2 Å². The van der Waals surface area contributed by atoms with E-state index in [2.05, 4.69) is 0 Å². The SMILES string of the molecule is CN(C(=O)c1ccc(F)cc1F)c1cccc(CN)c1. The molecule has 0 unspecified atom stereocenters. The van der Waals surface area contributed by atoms with Crippen LogP contribution in [-0.4, -0.2) is 13.0 Å². The van der Waals surface area contributed by atoms with Gasteiger partial charge in [0, 0.05) is 25.3 Å². The molecule has 0 radical (unpaired) electrons. The molecule has 2 aromatic carbocycles. The number of nitrogens with zero attached hydrogens (tertiary/aromatic N) is 1. The Bertz CT molecular complexity index is 644. The number of carbonyl (C=O) groups excluding carboxylic acids is 1. The van der Waals surface area contributed by atoms with Crippen molar-refractivity contribution in [2.45, 2.75) is 6.54 Å². The molecule has 0 heterocycles. The number of rotatable bonds is 3. The van der Waals surface area contributed by atoms with Gasteiger partial charge in [-0.15, -0.1) is 0 Å². The lowest BCUT2D eigenvalue weighted by Gasteiger charge is -2.18. The first-order chi connectivity index (χ1) is 9.52. The lowest BCUT2D eigenvalue weighted by molar-refractivity contribution is 0.0989. The molecular formula is C15H14F2N2O. The first-order valence-corrected chi connectivity index (χ1v) is 6.05. The maximum Gasteiger partial charge on any atom is 0.260 e. The Kier molecular flexibility index (Phi) is 4.10. The van der Waals surface area contributed by atoms with Gasteiger partial charge in [0.2, 0.25) is 0 Å². The zero-order chi connectivity index (χ0) is 14.7. The summed E-state index contributed by atoms with van der Waals surface area (Å²) in [7, 11) is 1.53. The average Bonchev–Trinajstić information content (AvgIpc) is 2.46. The largest absolute Gasteiger partial charge is 0.326 e. The first-order valence-electron chi connectivity index (χ1n) is 6.05. The first kappa shape index (κ1) is 14.1. The molecule has 2 aromatic rings. The van der Waals surface area contributed by atoms with Crippen LogP contribution in [0.2, 0.25) is 0 Å². The van der Waals surface area contributed by atoms with Gasteiger partial charge in [-0.05, 0) is 29.8 Å². The Balaban J connectivity index is 2.32. The fraction of sp³-hybridized carbons (Fsp3) is 0.133. The fourth-order valence-electron chi connectivity index (χ4n) is 1.85. The Labute approximate surface area is 115 Å². The van der Waals surface area contributed by atoms with Crippen molar-refractivity contribution >= 4 is 11.6 Å². The maximum atomic E-state index is 13.6. The summed E-state index contributed by atoms with van der Waals surface area (Å²) in [4.78, 5) is 13.5. The molecular weight excluding hydrogens is 262 g/mol. The van der Waals surface area contributed by atoms with E-state index in [9.17, 15) is 13.6 Å².